The van der Waals surface area contributed by atoms with Crippen LogP contribution in [0.3, 0.4) is 0 Å². The third kappa shape index (κ3) is 3.45. The maximum absolute atomic E-state index is 3.97. The molecular weight excluding hydrogens is 156 g/mol. The molecule has 0 saturated heterocycles. The molecule has 0 radical (unpaired) electrons. The van der Waals surface area contributed by atoms with Gasteiger partial charge in [-0.3, -0.25) is 0 Å². The molecule has 0 aromatic heterocycles. The molecule has 0 N–H and O–H groups in total. The largest absolute Gasteiger partial charge is 0.0999 e. The van der Waals surface area contributed by atoms with Crippen molar-refractivity contribution >= 4 is 0 Å². The highest BCUT2D eigenvalue weighted by Crippen LogP contribution is 2.15. The van der Waals surface area contributed by atoms with Gasteiger partial charge in [-0.1, -0.05) is 49.4 Å². The monoisotopic (exact) mass is 176 g/mol. The second-order valence-corrected chi connectivity index (χ2v) is 3.77. The second-order valence-electron chi connectivity index (χ2n) is 3.77. The lowest BCUT2D eigenvalue weighted by atomic mass is 9.96. The Kier molecular flexibility index (Phi) is 3.75. The number of rotatable bonds is 4. The van der Waals surface area contributed by atoms with Gasteiger partial charge in [0.15, 0.2) is 0 Å². The van der Waals surface area contributed by atoms with Gasteiger partial charge in [0.05, 0.1) is 0 Å². The van der Waals surface area contributed by atoms with Crippen molar-refractivity contribution in [1.82, 2.24) is 0 Å². The van der Waals surface area contributed by atoms with Crippen molar-refractivity contribution in [3.8, 4) is 0 Å². The molecule has 0 aliphatic heterocycles. The first-order valence-corrected chi connectivity index (χ1v) is 4.89. The summed E-state index contributed by atoms with van der Waals surface area (Å²) in [4.78, 5) is 0. The van der Waals surface area contributed by atoms with Gasteiger partial charge in [0.2, 0.25) is 0 Å². The number of allylic oxidation sites excluding steroid dienone is 1. The minimum absolute atomic E-state index is 0. The normalized spacial score (nSPS) is 12.5. The van der Waals surface area contributed by atoms with Crippen molar-refractivity contribution in [2.75, 3.05) is 0 Å². The van der Waals surface area contributed by atoms with E-state index in [1.807, 2.05) is 0 Å². The second kappa shape index (κ2) is 4.86. The Morgan fingerprint density at radius 3 is 2.54 bits per heavy atom. The third-order valence-corrected chi connectivity index (χ3v) is 2.55. The van der Waals surface area contributed by atoms with Gasteiger partial charge < -0.3 is 0 Å². The number of hydrogen-bond donors (Lipinski definition) is 0. The summed E-state index contributed by atoms with van der Waals surface area (Å²) >= 11 is 0. The lowest BCUT2D eigenvalue weighted by molar-refractivity contribution is 0.615. The van der Waals surface area contributed by atoms with Crippen LogP contribution in [0.2, 0.25) is 0 Å². The highest BCUT2D eigenvalue weighted by molar-refractivity contribution is 5.15. The molecule has 0 saturated carbocycles. The first kappa shape index (κ1) is 10.0. The molecule has 1 rings (SSSR count). The molecule has 0 fully saturated rings. The summed E-state index contributed by atoms with van der Waals surface area (Å²) in [5, 5.41) is 0. The molecule has 0 aliphatic carbocycles. The first-order chi connectivity index (χ1) is 6.20. The topological polar surface area (TPSA) is 0 Å². The minimum Gasteiger partial charge on any atom is -0.0999 e. The van der Waals surface area contributed by atoms with Gasteiger partial charge in [-0.2, -0.15) is 0 Å². The minimum atomic E-state index is 0. The lowest BCUT2D eigenvalue weighted by Gasteiger charge is -2.10. The van der Waals surface area contributed by atoms with Crippen LogP contribution in [0.15, 0.2) is 42.5 Å². The summed E-state index contributed by atoms with van der Waals surface area (Å²) in [6.45, 7) is 8.32. The molecule has 13 heavy (non-hydrogen) atoms. The predicted molar refractivity (Wildman–Crippen MR) is 60.9 cm³/mol. The van der Waals surface area contributed by atoms with E-state index in [2.05, 4.69) is 50.8 Å². The fourth-order valence-electron chi connectivity index (χ4n) is 1.27. The zero-order valence-electron chi connectivity index (χ0n) is 8.59. The predicted octanol–water partition coefficient (Wildman–Crippen LogP) is 4.08. The van der Waals surface area contributed by atoms with Crippen molar-refractivity contribution < 1.29 is 1.43 Å². The summed E-state index contributed by atoms with van der Waals surface area (Å²) in [5.41, 5.74) is 2.71. The van der Waals surface area contributed by atoms with E-state index < -0.39 is 0 Å². The maximum atomic E-state index is 3.97. The van der Waals surface area contributed by atoms with Gasteiger partial charge >= 0.3 is 0 Å². The summed E-state index contributed by atoms with van der Waals surface area (Å²) in [6, 6.07) is 10.6. The molecular formula is C13H20. The highest BCUT2D eigenvalue weighted by atomic mass is 14.1. The molecule has 0 aliphatic rings. The molecule has 1 unspecified atom stereocenters. The van der Waals surface area contributed by atoms with Crippen LogP contribution in [0.25, 0.3) is 0 Å². The molecule has 0 bridgehead atoms. The molecule has 0 spiro atoms. The van der Waals surface area contributed by atoms with Crippen LogP contribution >= 0.6 is 0 Å². The van der Waals surface area contributed by atoms with Gasteiger partial charge in [-0.15, -0.1) is 0 Å². The fraction of sp³-hybridized carbons (Fsp3) is 0.385. The summed E-state index contributed by atoms with van der Waals surface area (Å²) in [5.74, 6) is 0.639. The van der Waals surface area contributed by atoms with Gasteiger partial charge in [0.1, 0.15) is 0 Å². The first-order valence-electron chi connectivity index (χ1n) is 4.89. The lowest BCUT2D eigenvalue weighted by Crippen LogP contribution is -1.97. The average Bonchev–Trinajstić information content (AvgIpc) is 2.15. The van der Waals surface area contributed by atoms with Crippen LogP contribution in [-0.4, -0.2) is 0 Å². The van der Waals surface area contributed by atoms with E-state index in [0.29, 0.717) is 5.92 Å². The summed E-state index contributed by atoms with van der Waals surface area (Å²) in [6.07, 6.45) is 2.37. The van der Waals surface area contributed by atoms with Crippen LogP contribution in [0.4, 0.5) is 0 Å². The molecule has 1 atom stereocenters. The SMILES string of the molecule is C=C(C)C(C)CCc1ccccc1.[HH]. The molecule has 1 aromatic carbocycles. The zero-order valence-corrected chi connectivity index (χ0v) is 8.59. The van der Waals surface area contributed by atoms with E-state index in [-0.39, 0.29) is 1.43 Å². The fourth-order valence-corrected chi connectivity index (χ4v) is 1.27. The van der Waals surface area contributed by atoms with Gasteiger partial charge in [0, 0.05) is 1.43 Å². The van der Waals surface area contributed by atoms with E-state index in [1.54, 1.807) is 0 Å². The van der Waals surface area contributed by atoms with E-state index in [9.17, 15) is 0 Å². The zero-order chi connectivity index (χ0) is 9.68. The number of hydrogen-bond acceptors (Lipinski definition) is 0. The Balaban J connectivity index is 0.00000169. The molecule has 1 aromatic rings. The van der Waals surface area contributed by atoms with E-state index in [4.69, 9.17) is 0 Å². The highest BCUT2D eigenvalue weighted by Gasteiger charge is 2.01. The van der Waals surface area contributed by atoms with Crippen molar-refractivity contribution in [1.29, 1.82) is 0 Å². The van der Waals surface area contributed by atoms with Crippen molar-refractivity contribution in [3.63, 3.8) is 0 Å². The van der Waals surface area contributed by atoms with E-state index in [1.165, 1.54) is 17.6 Å². The van der Waals surface area contributed by atoms with Crippen molar-refractivity contribution in [2.24, 2.45) is 5.92 Å². The van der Waals surface area contributed by atoms with Gasteiger partial charge in [0.25, 0.3) is 0 Å². The Hall–Kier alpha value is -1.04. The van der Waals surface area contributed by atoms with E-state index >= 15 is 0 Å². The molecule has 0 heteroatoms. The molecule has 0 amide bonds. The van der Waals surface area contributed by atoms with E-state index in [0.717, 1.165) is 6.42 Å². The Morgan fingerprint density at radius 1 is 1.38 bits per heavy atom. The van der Waals surface area contributed by atoms with Crippen LogP contribution in [0.5, 0.6) is 0 Å². The van der Waals surface area contributed by atoms with Crippen molar-refractivity contribution in [3.05, 3.63) is 48.0 Å². The molecule has 0 heterocycles. The third-order valence-electron chi connectivity index (χ3n) is 2.55. The van der Waals surface area contributed by atoms with Gasteiger partial charge in [-0.25, -0.2) is 0 Å². The summed E-state index contributed by atoms with van der Waals surface area (Å²) in [7, 11) is 0. The average molecular weight is 176 g/mol. The Labute approximate surface area is 82.8 Å². The molecule has 0 nitrogen and oxygen atoms in total. The number of aryl methyl sites for hydroxylation is 1. The van der Waals surface area contributed by atoms with Crippen molar-refractivity contribution in [2.45, 2.75) is 26.7 Å². The van der Waals surface area contributed by atoms with Gasteiger partial charge in [-0.05, 0) is 31.2 Å². The standard InChI is InChI=1S/C13H18.H2/c1-11(2)12(3)9-10-13-7-5-4-6-8-13;/h4-8,12H,1,9-10H2,2-3H3;1H. The van der Waals surface area contributed by atoms with Crippen LogP contribution < -0.4 is 0 Å². The summed E-state index contributed by atoms with van der Waals surface area (Å²) < 4.78 is 0. The van der Waals surface area contributed by atoms with Crippen LogP contribution in [0.1, 0.15) is 27.3 Å². The van der Waals surface area contributed by atoms with Crippen LogP contribution in [0, 0.1) is 5.92 Å². The maximum Gasteiger partial charge on any atom is 0 e. The number of benzene rings is 1. The van der Waals surface area contributed by atoms with Crippen LogP contribution in [-0.2, 0) is 6.42 Å². The quantitative estimate of drug-likeness (QED) is 0.606. The Bertz CT molecular complexity index is 264. The smallest absolute Gasteiger partial charge is 0 e. The Morgan fingerprint density at radius 2 is 2.00 bits per heavy atom. The molecule has 72 valence electrons.